The Morgan fingerprint density at radius 2 is 2.30 bits per heavy atom. The van der Waals surface area contributed by atoms with Gasteiger partial charge in [-0.25, -0.2) is 0 Å². The fraction of sp³-hybridized carbons (Fsp3) is 0.357. The van der Waals surface area contributed by atoms with Crippen LogP contribution in [0.1, 0.15) is 30.0 Å². The number of carboxylic acids is 1. The van der Waals surface area contributed by atoms with Crippen LogP contribution in [0, 0.1) is 0 Å². The predicted octanol–water partition coefficient (Wildman–Crippen LogP) is 2.38. The molecule has 6 heteroatoms. The highest BCUT2D eigenvalue weighted by Crippen LogP contribution is 2.34. The van der Waals surface area contributed by atoms with Crippen molar-refractivity contribution in [1.29, 1.82) is 0 Å². The second-order valence-electron chi connectivity index (χ2n) is 4.81. The second-order valence-corrected chi connectivity index (χ2v) is 5.75. The Labute approximate surface area is 121 Å². The van der Waals surface area contributed by atoms with Crippen molar-refractivity contribution in [3.63, 3.8) is 0 Å². The lowest BCUT2D eigenvalue weighted by atomic mass is 9.88. The third kappa shape index (κ3) is 2.56. The van der Waals surface area contributed by atoms with E-state index in [4.69, 9.17) is 5.11 Å². The number of nitrogens with zero attached hydrogens (tertiary/aromatic N) is 3. The molecular formula is C14H15N3O2S. The average Bonchev–Trinajstić information content (AvgIpc) is 2.92. The summed E-state index contributed by atoms with van der Waals surface area (Å²) in [7, 11) is 0. The van der Waals surface area contributed by atoms with Crippen molar-refractivity contribution in [2.75, 3.05) is 5.75 Å². The van der Waals surface area contributed by atoms with Gasteiger partial charge in [-0.2, -0.15) is 0 Å². The Balaban J connectivity index is 1.91. The minimum absolute atomic E-state index is 0.00700. The quantitative estimate of drug-likeness (QED) is 0.875. The van der Waals surface area contributed by atoms with Crippen molar-refractivity contribution in [1.82, 2.24) is 14.8 Å². The number of hydrogen-bond acceptors (Lipinski definition) is 4. The average molecular weight is 289 g/mol. The van der Waals surface area contributed by atoms with Crippen LogP contribution in [0.25, 0.3) is 0 Å². The van der Waals surface area contributed by atoms with Gasteiger partial charge in [-0.1, -0.05) is 36.0 Å². The highest BCUT2D eigenvalue weighted by atomic mass is 32.2. The zero-order valence-corrected chi connectivity index (χ0v) is 11.7. The van der Waals surface area contributed by atoms with Crippen LogP contribution in [0.2, 0.25) is 0 Å². The van der Waals surface area contributed by atoms with Gasteiger partial charge in [0.15, 0.2) is 5.16 Å². The Bertz CT molecular complexity index is 626. The van der Waals surface area contributed by atoms with E-state index in [1.165, 1.54) is 22.9 Å². The summed E-state index contributed by atoms with van der Waals surface area (Å²) in [5.41, 5.74) is 2.67. The smallest absolute Gasteiger partial charge is 0.313 e. The third-order valence-electron chi connectivity index (χ3n) is 3.54. The van der Waals surface area contributed by atoms with Crippen LogP contribution in [0.3, 0.4) is 0 Å². The molecule has 1 aliphatic carbocycles. The van der Waals surface area contributed by atoms with Crippen molar-refractivity contribution in [2.24, 2.45) is 0 Å². The van der Waals surface area contributed by atoms with Gasteiger partial charge in [0.1, 0.15) is 6.33 Å². The molecule has 104 valence electrons. The minimum Gasteiger partial charge on any atom is -0.481 e. The molecule has 0 radical (unpaired) electrons. The largest absolute Gasteiger partial charge is 0.481 e. The summed E-state index contributed by atoms with van der Waals surface area (Å²) >= 11 is 1.22. The molecule has 1 aliphatic rings. The summed E-state index contributed by atoms with van der Waals surface area (Å²) in [6.07, 6.45) is 4.97. The Morgan fingerprint density at radius 3 is 3.15 bits per heavy atom. The fourth-order valence-electron chi connectivity index (χ4n) is 2.69. The van der Waals surface area contributed by atoms with E-state index in [9.17, 15) is 4.79 Å². The molecule has 1 unspecified atom stereocenters. The number of carbonyl (C=O) groups is 1. The first-order chi connectivity index (χ1) is 9.75. The highest BCUT2D eigenvalue weighted by molar-refractivity contribution is 7.99. The molecule has 2 aromatic rings. The maximum atomic E-state index is 10.7. The maximum Gasteiger partial charge on any atom is 0.313 e. The molecule has 5 nitrogen and oxygen atoms in total. The predicted molar refractivity (Wildman–Crippen MR) is 75.9 cm³/mol. The minimum atomic E-state index is -0.839. The molecule has 0 saturated carbocycles. The van der Waals surface area contributed by atoms with Gasteiger partial charge in [0.2, 0.25) is 0 Å². The second kappa shape index (κ2) is 5.66. The molecule has 0 bridgehead atoms. The van der Waals surface area contributed by atoms with Gasteiger partial charge in [-0.05, 0) is 30.4 Å². The molecule has 3 rings (SSSR count). The maximum absolute atomic E-state index is 10.7. The lowest BCUT2D eigenvalue weighted by Gasteiger charge is -2.27. The fourth-order valence-corrected chi connectivity index (χ4v) is 3.37. The van der Waals surface area contributed by atoms with Gasteiger partial charge >= 0.3 is 5.97 Å². The Hall–Kier alpha value is -1.82. The van der Waals surface area contributed by atoms with Crippen LogP contribution >= 0.6 is 11.8 Å². The van der Waals surface area contributed by atoms with Crippen LogP contribution < -0.4 is 0 Å². The number of aliphatic carboxylic acids is 1. The Kier molecular flexibility index (Phi) is 3.73. The first-order valence-corrected chi connectivity index (χ1v) is 7.56. The number of hydrogen-bond donors (Lipinski definition) is 1. The van der Waals surface area contributed by atoms with Crippen LogP contribution in [-0.4, -0.2) is 31.6 Å². The lowest BCUT2D eigenvalue weighted by molar-refractivity contribution is -0.133. The summed E-state index contributed by atoms with van der Waals surface area (Å²) < 4.78 is 2.01. The van der Waals surface area contributed by atoms with E-state index in [2.05, 4.69) is 28.4 Å². The van der Waals surface area contributed by atoms with Crippen molar-refractivity contribution in [3.8, 4) is 0 Å². The van der Waals surface area contributed by atoms with Crippen LogP contribution in [0.5, 0.6) is 0 Å². The number of aryl methyl sites for hydroxylation is 1. The van der Waals surface area contributed by atoms with E-state index >= 15 is 0 Å². The highest BCUT2D eigenvalue weighted by Gasteiger charge is 2.23. The van der Waals surface area contributed by atoms with Crippen molar-refractivity contribution in [3.05, 3.63) is 41.7 Å². The molecule has 1 heterocycles. The summed E-state index contributed by atoms with van der Waals surface area (Å²) in [4.78, 5) is 10.7. The molecule has 0 aliphatic heterocycles. The van der Waals surface area contributed by atoms with Gasteiger partial charge in [0, 0.05) is 0 Å². The van der Waals surface area contributed by atoms with Gasteiger partial charge in [-0.15, -0.1) is 10.2 Å². The van der Waals surface area contributed by atoms with E-state index in [0.717, 1.165) is 19.3 Å². The number of aromatic nitrogens is 3. The number of benzene rings is 1. The molecular weight excluding hydrogens is 274 g/mol. The van der Waals surface area contributed by atoms with E-state index in [1.807, 2.05) is 10.6 Å². The molecule has 1 aromatic heterocycles. The molecule has 1 N–H and O–H groups in total. The number of carboxylic acid groups (broad SMARTS) is 1. The summed E-state index contributed by atoms with van der Waals surface area (Å²) in [6, 6.07) is 8.63. The van der Waals surface area contributed by atoms with Crippen molar-refractivity contribution >= 4 is 17.7 Å². The van der Waals surface area contributed by atoms with Crippen molar-refractivity contribution in [2.45, 2.75) is 30.5 Å². The first-order valence-electron chi connectivity index (χ1n) is 6.57. The van der Waals surface area contributed by atoms with Gasteiger partial charge < -0.3 is 9.67 Å². The van der Waals surface area contributed by atoms with Crippen LogP contribution in [-0.2, 0) is 11.2 Å². The monoisotopic (exact) mass is 289 g/mol. The molecule has 0 fully saturated rings. The van der Waals surface area contributed by atoms with E-state index in [0.29, 0.717) is 5.16 Å². The summed E-state index contributed by atoms with van der Waals surface area (Å²) in [5.74, 6) is -0.832. The first kappa shape index (κ1) is 13.2. The van der Waals surface area contributed by atoms with Gasteiger partial charge in [0.25, 0.3) is 0 Å². The van der Waals surface area contributed by atoms with Gasteiger partial charge in [0.05, 0.1) is 11.8 Å². The van der Waals surface area contributed by atoms with E-state index in [1.54, 1.807) is 6.33 Å². The molecule has 0 amide bonds. The standard InChI is InChI=1S/C14H15N3O2S/c18-13(19)8-20-14-16-15-9-17(14)12-7-3-5-10-4-1-2-6-11(10)12/h1-2,4,6,9,12H,3,5,7-8H2,(H,18,19). The zero-order chi connectivity index (χ0) is 13.9. The van der Waals surface area contributed by atoms with E-state index in [-0.39, 0.29) is 11.8 Å². The molecule has 0 saturated heterocycles. The van der Waals surface area contributed by atoms with E-state index < -0.39 is 5.97 Å². The SMILES string of the molecule is O=C(O)CSc1nncn1C1CCCc2ccccc21. The Morgan fingerprint density at radius 1 is 1.45 bits per heavy atom. The topological polar surface area (TPSA) is 68.0 Å². The summed E-state index contributed by atoms with van der Waals surface area (Å²) in [5, 5.41) is 17.5. The molecule has 1 atom stereocenters. The van der Waals surface area contributed by atoms with Crippen LogP contribution in [0.4, 0.5) is 0 Å². The van der Waals surface area contributed by atoms with Crippen molar-refractivity contribution < 1.29 is 9.90 Å². The molecule has 0 spiro atoms. The number of rotatable bonds is 4. The van der Waals surface area contributed by atoms with Crippen LogP contribution in [0.15, 0.2) is 35.7 Å². The lowest BCUT2D eigenvalue weighted by Crippen LogP contribution is -2.17. The summed E-state index contributed by atoms with van der Waals surface area (Å²) in [6.45, 7) is 0. The number of thioether (sulfide) groups is 1. The van der Waals surface area contributed by atoms with Gasteiger partial charge in [-0.3, -0.25) is 4.79 Å². The molecule has 1 aromatic carbocycles. The number of fused-ring (bicyclic) bond motifs is 1. The molecule has 20 heavy (non-hydrogen) atoms. The zero-order valence-electron chi connectivity index (χ0n) is 10.9. The third-order valence-corrected chi connectivity index (χ3v) is 4.48. The normalized spacial score (nSPS) is 17.7.